The van der Waals surface area contributed by atoms with E-state index >= 15 is 0 Å². The molecule has 0 aromatic rings. The van der Waals surface area contributed by atoms with Crippen molar-refractivity contribution in [2.24, 2.45) is 5.73 Å². The molecule has 0 aromatic carbocycles. The Morgan fingerprint density at radius 3 is 2.14 bits per heavy atom. The third-order valence-corrected chi connectivity index (χ3v) is 1.67. The van der Waals surface area contributed by atoms with E-state index in [1.54, 1.807) is 0 Å². The maximum Gasteiger partial charge on any atom is 0.126 e. The standard InChI is InChI=1S/C4H9FNP/c5-4(7)1-3(6)2-4/h3H,1-2,6-7H2. The number of nitrogens with two attached hydrogens (primary N) is 1. The SMILES string of the molecule is NC1CC(F)(P)C1. The van der Waals surface area contributed by atoms with Gasteiger partial charge >= 0.3 is 0 Å². The van der Waals surface area contributed by atoms with Crippen LogP contribution in [0.1, 0.15) is 12.8 Å². The first-order valence-corrected chi connectivity index (χ1v) is 2.91. The maximum absolute atomic E-state index is 12.3. The molecule has 1 aliphatic carbocycles. The minimum Gasteiger partial charge on any atom is -0.327 e. The minimum atomic E-state index is -1.01. The molecule has 1 rings (SSSR count). The predicted molar refractivity (Wildman–Crippen MR) is 30.8 cm³/mol. The summed E-state index contributed by atoms with van der Waals surface area (Å²) in [5, 5.41) is -1.01. The van der Waals surface area contributed by atoms with Crippen molar-refractivity contribution in [1.82, 2.24) is 0 Å². The molecule has 0 heterocycles. The quantitative estimate of drug-likeness (QED) is 0.468. The first-order valence-electron chi connectivity index (χ1n) is 2.33. The van der Waals surface area contributed by atoms with Crippen LogP contribution >= 0.6 is 9.24 Å². The zero-order chi connectivity index (χ0) is 5.49. The van der Waals surface area contributed by atoms with Crippen LogP contribution in [0.5, 0.6) is 0 Å². The van der Waals surface area contributed by atoms with Gasteiger partial charge in [0.2, 0.25) is 0 Å². The molecule has 42 valence electrons. The van der Waals surface area contributed by atoms with E-state index in [-0.39, 0.29) is 6.04 Å². The summed E-state index contributed by atoms with van der Waals surface area (Å²) in [6, 6.07) is 0.113. The first kappa shape index (κ1) is 5.46. The number of halogens is 1. The zero-order valence-electron chi connectivity index (χ0n) is 4.02. The normalized spacial score (nSPS) is 51.0. The molecule has 1 fully saturated rings. The summed E-state index contributed by atoms with van der Waals surface area (Å²) in [7, 11) is 2.16. The van der Waals surface area contributed by atoms with Crippen molar-refractivity contribution in [3.63, 3.8) is 0 Å². The molecule has 1 atom stereocenters. The van der Waals surface area contributed by atoms with Crippen molar-refractivity contribution < 1.29 is 4.39 Å². The van der Waals surface area contributed by atoms with Crippen LogP contribution in [0.3, 0.4) is 0 Å². The fourth-order valence-corrected chi connectivity index (χ4v) is 1.42. The summed E-state index contributed by atoms with van der Waals surface area (Å²) in [5.74, 6) is 0. The van der Waals surface area contributed by atoms with Crippen molar-refractivity contribution in [1.29, 1.82) is 0 Å². The summed E-state index contributed by atoms with van der Waals surface area (Å²) in [4.78, 5) is 0. The van der Waals surface area contributed by atoms with Gasteiger partial charge in [-0.2, -0.15) is 0 Å². The van der Waals surface area contributed by atoms with Gasteiger partial charge < -0.3 is 5.73 Å². The Morgan fingerprint density at radius 2 is 2.14 bits per heavy atom. The van der Waals surface area contributed by atoms with Gasteiger partial charge in [-0.3, -0.25) is 0 Å². The van der Waals surface area contributed by atoms with Crippen LogP contribution in [0, 0.1) is 0 Å². The van der Waals surface area contributed by atoms with Gasteiger partial charge in [0, 0.05) is 18.9 Å². The van der Waals surface area contributed by atoms with E-state index in [2.05, 4.69) is 9.24 Å². The molecule has 3 heteroatoms. The summed E-state index contributed by atoms with van der Waals surface area (Å²) >= 11 is 0. The van der Waals surface area contributed by atoms with Gasteiger partial charge in [-0.15, -0.1) is 0 Å². The summed E-state index contributed by atoms with van der Waals surface area (Å²) in [5.41, 5.74) is 5.30. The molecule has 0 saturated heterocycles. The molecule has 0 aliphatic heterocycles. The minimum absolute atomic E-state index is 0.113. The Morgan fingerprint density at radius 1 is 1.71 bits per heavy atom. The molecule has 1 aliphatic rings. The third-order valence-electron chi connectivity index (χ3n) is 1.20. The lowest BCUT2D eigenvalue weighted by atomic mass is 9.91. The average Bonchev–Trinajstić information content (AvgIpc) is 1.27. The lowest BCUT2D eigenvalue weighted by Gasteiger charge is -2.35. The number of hydrogen-bond acceptors (Lipinski definition) is 1. The van der Waals surface area contributed by atoms with Crippen LogP contribution in [0.15, 0.2) is 0 Å². The average molecular weight is 121 g/mol. The van der Waals surface area contributed by atoms with Crippen molar-refractivity contribution in [3.8, 4) is 0 Å². The van der Waals surface area contributed by atoms with Crippen LogP contribution in [-0.4, -0.2) is 11.5 Å². The molecule has 2 N–H and O–H groups in total. The molecule has 0 aromatic heterocycles. The molecule has 1 nitrogen and oxygen atoms in total. The topological polar surface area (TPSA) is 26.0 Å². The van der Waals surface area contributed by atoms with Crippen LogP contribution in [0.4, 0.5) is 4.39 Å². The van der Waals surface area contributed by atoms with Crippen molar-refractivity contribution in [2.45, 2.75) is 24.3 Å². The number of rotatable bonds is 0. The molecule has 0 amide bonds. The van der Waals surface area contributed by atoms with Gasteiger partial charge in [0.25, 0.3) is 0 Å². The Hall–Kier alpha value is 0.320. The zero-order valence-corrected chi connectivity index (χ0v) is 5.18. The Bertz CT molecular complexity index is 75.8. The van der Waals surface area contributed by atoms with E-state index in [1.165, 1.54) is 0 Å². The van der Waals surface area contributed by atoms with Gasteiger partial charge in [-0.1, -0.05) is 9.24 Å². The molecule has 0 radical (unpaired) electrons. The monoisotopic (exact) mass is 121 g/mol. The largest absolute Gasteiger partial charge is 0.327 e. The second kappa shape index (κ2) is 1.40. The summed E-state index contributed by atoms with van der Waals surface area (Å²) < 4.78 is 12.3. The Labute approximate surface area is 44.7 Å². The Balaban J connectivity index is 2.29. The van der Waals surface area contributed by atoms with E-state index in [0.717, 1.165) is 0 Å². The second-order valence-corrected chi connectivity index (χ2v) is 3.24. The molecular formula is C4H9FNP. The van der Waals surface area contributed by atoms with Crippen LogP contribution in [0.2, 0.25) is 0 Å². The Kier molecular flexibility index (Phi) is 1.09. The van der Waals surface area contributed by atoms with E-state index in [1.807, 2.05) is 0 Å². The number of hydrogen-bond donors (Lipinski definition) is 1. The fourth-order valence-electron chi connectivity index (χ4n) is 0.812. The third kappa shape index (κ3) is 1.11. The smallest absolute Gasteiger partial charge is 0.126 e. The van der Waals surface area contributed by atoms with Gasteiger partial charge in [0.1, 0.15) is 5.41 Å². The first-order chi connectivity index (χ1) is 3.10. The second-order valence-electron chi connectivity index (χ2n) is 2.20. The highest BCUT2D eigenvalue weighted by atomic mass is 31.0. The maximum atomic E-state index is 12.3. The van der Waals surface area contributed by atoms with Gasteiger partial charge in [0.05, 0.1) is 0 Å². The van der Waals surface area contributed by atoms with Crippen molar-refractivity contribution in [2.75, 3.05) is 0 Å². The van der Waals surface area contributed by atoms with E-state index < -0.39 is 5.41 Å². The molecule has 1 saturated carbocycles. The van der Waals surface area contributed by atoms with Gasteiger partial charge in [-0.05, 0) is 0 Å². The lowest BCUT2D eigenvalue weighted by molar-refractivity contribution is 0.142. The molecule has 0 spiro atoms. The van der Waals surface area contributed by atoms with Crippen LogP contribution in [-0.2, 0) is 0 Å². The highest BCUT2D eigenvalue weighted by Crippen LogP contribution is 2.40. The molecule has 7 heavy (non-hydrogen) atoms. The molecule has 0 bridgehead atoms. The highest BCUT2D eigenvalue weighted by molar-refractivity contribution is 7.18. The van der Waals surface area contributed by atoms with E-state index in [0.29, 0.717) is 12.8 Å². The van der Waals surface area contributed by atoms with E-state index in [4.69, 9.17) is 5.73 Å². The molecule has 1 unspecified atom stereocenters. The number of alkyl halides is 1. The van der Waals surface area contributed by atoms with Gasteiger partial charge in [-0.25, -0.2) is 4.39 Å². The van der Waals surface area contributed by atoms with Crippen molar-refractivity contribution in [3.05, 3.63) is 0 Å². The molecular weight excluding hydrogens is 112 g/mol. The van der Waals surface area contributed by atoms with Crippen molar-refractivity contribution >= 4 is 9.24 Å². The summed E-state index contributed by atoms with van der Waals surface area (Å²) in [6.07, 6.45) is 1.02. The van der Waals surface area contributed by atoms with Crippen LogP contribution in [0.25, 0.3) is 0 Å². The summed E-state index contributed by atoms with van der Waals surface area (Å²) in [6.45, 7) is 0. The highest BCUT2D eigenvalue weighted by Gasteiger charge is 2.38. The lowest BCUT2D eigenvalue weighted by Crippen LogP contribution is -2.43. The van der Waals surface area contributed by atoms with Crippen LogP contribution < -0.4 is 5.73 Å². The predicted octanol–water partition coefficient (Wildman–Crippen LogP) is 0.648. The fraction of sp³-hybridized carbons (Fsp3) is 1.00. The van der Waals surface area contributed by atoms with E-state index in [9.17, 15) is 4.39 Å². The van der Waals surface area contributed by atoms with Gasteiger partial charge in [0.15, 0.2) is 0 Å².